The second kappa shape index (κ2) is 4.11. The van der Waals surface area contributed by atoms with Crippen LogP contribution in [0.3, 0.4) is 0 Å². The van der Waals surface area contributed by atoms with Gasteiger partial charge in [0.25, 0.3) is 0 Å². The molecule has 0 unspecified atom stereocenters. The van der Waals surface area contributed by atoms with Crippen LogP contribution >= 0.6 is 0 Å². The number of halogens is 1. The van der Waals surface area contributed by atoms with Gasteiger partial charge < -0.3 is 9.88 Å². The normalized spacial score (nSPS) is 15.6. The van der Waals surface area contributed by atoms with Crippen molar-refractivity contribution in [3.05, 3.63) is 29.8 Å². The first-order valence-electron chi connectivity index (χ1n) is 6.05. The van der Waals surface area contributed by atoms with E-state index in [1.54, 1.807) is 6.07 Å². The Hall–Kier alpha value is -1.42. The van der Waals surface area contributed by atoms with E-state index >= 15 is 0 Å². The fraction of sp³-hybridized carbons (Fsp3) is 0.462. The number of nitrogens with one attached hydrogen (secondary N) is 1. The van der Waals surface area contributed by atoms with Crippen LogP contribution in [0, 0.1) is 11.7 Å². The van der Waals surface area contributed by atoms with Crippen LogP contribution in [-0.4, -0.2) is 16.1 Å². The fourth-order valence-corrected chi connectivity index (χ4v) is 2.09. The van der Waals surface area contributed by atoms with E-state index in [2.05, 4.69) is 10.3 Å². The number of imidazole rings is 1. The Morgan fingerprint density at radius 2 is 2.29 bits per heavy atom. The lowest BCUT2D eigenvalue weighted by molar-refractivity contribution is 0.607. The summed E-state index contributed by atoms with van der Waals surface area (Å²) in [7, 11) is 1.97. The molecule has 0 atom stereocenters. The van der Waals surface area contributed by atoms with Gasteiger partial charge in [0.05, 0.1) is 17.6 Å². The Labute approximate surface area is 99.7 Å². The second-order valence-electron chi connectivity index (χ2n) is 4.79. The SMILES string of the molecule is Cn1c(CNCC2CC2)nc2cc(F)ccc21. The van der Waals surface area contributed by atoms with Crippen molar-refractivity contribution < 1.29 is 4.39 Å². The highest BCUT2D eigenvalue weighted by Gasteiger charge is 2.20. The summed E-state index contributed by atoms with van der Waals surface area (Å²) >= 11 is 0. The van der Waals surface area contributed by atoms with Crippen LogP contribution in [0.5, 0.6) is 0 Å². The predicted octanol–water partition coefficient (Wildman–Crippen LogP) is 2.21. The van der Waals surface area contributed by atoms with Gasteiger partial charge in [0, 0.05) is 13.1 Å². The molecule has 0 saturated heterocycles. The van der Waals surface area contributed by atoms with Crippen molar-refractivity contribution in [2.24, 2.45) is 13.0 Å². The number of fused-ring (bicyclic) bond motifs is 1. The maximum Gasteiger partial charge on any atom is 0.125 e. The van der Waals surface area contributed by atoms with E-state index in [0.29, 0.717) is 0 Å². The summed E-state index contributed by atoms with van der Waals surface area (Å²) in [6.07, 6.45) is 2.70. The number of aromatic nitrogens is 2. The van der Waals surface area contributed by atoms with Crippen molar-refractivity contribution >= 4 is 11.0 Å². The van der Waals surface area contributed by atoms with Crippen LogP contribution in [0.25, 0.3) is 11.0 Å². The topological polar surface area (TPSA) is 29.9 Å². The van der Waals surface area contributed by atoms with Gasteiger partial charge in [-0.05, 0) is 37.4 Å². The number of aryl methyl sites for hydroxylation is 1. The molecule has 0 spiro atoms. The summed E-state index contributed by atoms with van der Waals surface area (Å²) in [5.74, 6) is 1.60. The Morgan fingerprint density at radius 1 is 1.47 bits per heavy atom. The molecular formula is C13H16FN3. The molecule has 2 aromatic rings. The highest BCUT2D eigenvalue weighted by atomic mass is 19.1. The van der Waals surface area contributed by atoms with Gasteiger partial charge in [0.1, 0.15) is 11.6 Å². The molecule has 1 heterocycles. The molecule has 1 saturated carbocycles. The zero-order valence-electron chi connectivity index (χ0n) is 9.91. The number of hydrogen-bond donors (Lipinski definition) is 1. The number of rotatable bonds is 4. The van der Waals surface area contributed by atoms with E-state index in [-0.39, 0.29) is 5.82 Å². The van der Waals surface area contributed by atoms with E-state index in [0.717, 1.165) is 35.9 Å². The maximum absolute atomic E-state index is 13.1. The van der Waals surface area contributed by atoms with Gasteiger partial charge in [-0.3, -0.25) is 0 Å². The molecule has 1 aliphatic rings. The van der Waals surface area contributed by atoms with E-state index in [9.17, 15) is 4.39 Å². The fourth-order valence-electron chi connectivity index (χ4n) is 2.09. The summed E-state index contributed by atoms with van der Waals surface area (Å²) < 4.78 is 15.1. The van der Waals surface area contributed by atoms with Crippen molar-refractivity contribution in [1.82, 2.24) is 14.9 Å². The monoisotopic (exact) mass is 233 g/mol. The third kappa shape index (κ3) is 2.17. The van der Waals surface area contributed by atoms with Gasteiger partial charge in [-0.2, -0.15) is 0 Å². The van der Waals surface area contributed by atoms with E-state index in [4.69, 9.17) is 0 Å². The smallest absolute Gasteiger partial charge is 0.125 e. The first-order valence-corrected chi connectivity index (χ1v) is 6.05. The lowest BCUT2D eigenvalue weighted by Gasteiger charge is -2.03. The van der Waals surface area contributed by atoms with Crippen molar-refractivity contribution in [2.75, 3.05) is 6.54 Å². The van der Waals surface area contributed by atoms with Crippen LogP contribution in [0.1, 0.15) is 18.7 Å². The number of hydrogen-bond acceptors (Lipinski definition) is 2. The molecule has 1 aromatic heterocycles. The molecule has 90 valence electrons. The average Bonchev–Trinajstić information content (AvgIpc) is 3.06. The van der Waals surface area contributed by atoms with Crippen LogP contribution in [0.2, 0.25) is 0 Å². The van der Waals surface area contributed by atoms with Crippen molar-refractivity contribution in [3.63, 3.8) is 0 Å². The molecule has 0 bridgehead atoms. The van der Waals surface area contributed by atoms with Gasteiger partial charge in [0.15, 0.2) is 0 Å². The third-order valence-electron chi connectivity index (χ3n) is 3.35. The van der Waals surface area contributed by atoms with Crippen molar-refractivity contribution in [1.29, 1.82) is 0 Å². The molecule has 17 heavy (non-hydrogen) atoms. The van der Waals surface area contributed by atoms with Crippen molar-refractivity contribution in [2.45, 2.75) is 19.4 Å². The summed E-state index contributed by atoms with van der Waals surface area (Å²) in [5, 5.41) is 3.40. The molecule has 3 rings (SSSR count). The Bertz CT molecular complexity index is 543. The highest BCUT2D eigenvalue weighted by Crippen LogP contribution is 2.27. The van der Waals surface area contributed by atoms with Gasteiger partial charge in [-0.15, -0.1) is 0 Å². The zero-order chi connectivity index (χ0) is 11.8. The van der Waals surface area contributed by atoms with E-state index in [1.807, 2.05) is 11.6 Å². The van der Waals surface area contributed by atoms with Gasteiger partial charge >= 0.3 is 0 Å². The first kappa shape index (κ1) is 10.7. The molecule has 1 fully saturated rings. The average molecular weight is 233 g/mol. The Balaban J connectivity index is 1.80. The Kier molecular flexibility index (Phi) is 2.59. The van der Waals surface area contributed by atoms with Gasteiger partial charge in [0.2, 0.25) is 0 Å². The summed E-state index contributed by atoms with van der Waals surface area (Å²) in [4.78, 5) is 4.45. The molecule has 0 radical (unpaired) electrons. The largest absolute Gasteiger partial charge is 0.330 e. The highest BCUT2D eigenvalue weighted by molar-refractivity contribution is 5.75. The Morgan fingerprint density at radius 3 is 3.06 bits per heavy atom. The minimum absolute atomic E-state index is 0.229. The summed E-state index contributed by atoms with van der Waals surface area (Å²) in [6, 6.07) is 4.74. The summed E-state index contributed by atoms with van der Waals surface area (Å²) in [6.45, 7) is 1.82. The predicted molar refractivity (Wildman–Crippen MR) is 65.1 cm³/mol. The quantitative estimate of drug-likeness (QED) is 0.877. The van der Waals surface area contributed by atoms with Gasteiger partial charge in [-0.25, -0.2) is 9.37 Å². The van der Waals surface area contributed by atoms with Crippen LogP contribution < -0.4 is 5.32 Å². The molecule has 1 aromatic carbocycles. The minimum Gasteiger partial charge on any atom is -0.330 e. The molecule has 1 aliphatic carbocycles. The second-order valence-corrected chi connectivity index (χ2v) is 4.79. The molecule has 3 nitrogen and oxygen atoms in total. The minimum atomic E-state index is -0.229. The first-order chi connectivity index (χ1) is 8.24. The van der Waals surface area contributed by atoms with Crippen LogP contribution in [0.15, 0.2) is 18.2 Å². The lowest BCUT2D eigenvalue weighted by Crippen LogP contribution is -2.18. The maximum atomic E-state index is 13.1. The number of nitrogens with zero attached hydrogens (tertiary/aromatic N) is 2. The molecular weight excluding hydrogens is 217 g/mol. The summed E-state index contributed by atoms with van der Waals surface area (Å²) in [5.41, 5.74) is 1.71. The van der Waals surface area contributed by atoms with Crippen LogP contribution in [0.4, 0.5) is 4.39 Å². The molecule has 0 aliphatic heterocycles. The van der Waals surface area contributed by atoms with E-state index < -0.39 is 0 Å². The number of benzene rings is 1. The molecule has 0 amide bonds. The standard InChI is InChI=1S/C13H16FN3/c1-17-12-5-4-10(14)6-11(12)16-13(17)8-15-7-9-2-3-9/h4-6,9,15H,2-3,7-8H2,1H3. The molecule has 4 heteroatoms. The van der Waals surface area contributed by atoms with Crippen LogP contribution in [-0.2, 0) is 13.6 Å². The molecule has 1 N–H and O–H groups in total. The van der Waals surface area contributed by atoms with E-state index in [1.165, 1.54) is 25.0 Å². The zero-order valence-corrected chi connectivity index (χ0v) is 9.91. The third-order valence-corrected chi connectivity index (χ3v) is 3.35. The van der Waals surface area contributed by atoms with Gasteiger partial charge in [-0.1, -0.05) is 0 Å². The lowest BCUT2D eigenvalue weighted by atomic mass is 10.3. The van der Waals surface area contributed by atoms with Crippen molar-refractivity contribution in [3.8, 4) is 0 Å².